The molecule has 0 saturated heterocycles. The minimum Gasteiger partial charge on any atom is -0.490 e. The lowest BCUT2D eigenvalue weighted by Crippen LogP contribution is -2.15. The fourth-order valence-corrected chi connectivity index (χ4v) is 4.10. The van der Waals surface area contributed by atoms with E-state index in [-0.39, 0.29) is 0 Å². The molecule has 3 saturated carbocycles. The summed E-state index contributed by atoms with van der Waals surface area (Å²) in [5.74, 6) is 3.57. The zero-order valence-corrected chi connectivity index (χ0v) is 11.9. The van der Waals surface area contributed by atoms with Crippen LogP contribution in [0.25, 0.3) is 0 Å². The Bertz CT molecular complexity index is 518. The quantitative estimate of drug-likeness (QED) is 0.748. The van der Waals surface area contributed by atoms with Gasteiger partial charge in [0.1, 0.15) is 5.75 Å². The molecule has 0 radical (unpaired) electrons. The van der Waals surface area contributed by atoms with Crippen LogP contribution >= 0.6 is 0 Å². The number of benzene rings is 1. The number of rotatable bonds is 5. The van der Waals surface area contributed by atoms with Crippen molar-refractivity contribution in [3.63, 3.8) is 0 Å². The number of fused-ring (bicyclic) bond motifs is 2. The van der Waals surface area contributed by atoms with Crippen molar-refractivity contribution in [2.75, 3.05) is 0 Å². The van der Waals surface area contributed by atoms with Crippen molar-refractivity contribution in [1.29, 1.82) is 0 Å². The molecule has 0 spiro atoms. The second kappa shape index (κ2) is 4.91. The maximum absolute atomic E-state index is 12.5. The smallest absolute Gasteiger partial charge is 0.163 e. The van der Waals surface area contributed by atoms with E-state index in [1.807, 2.05) is 24.3 Å². The number of Topliss-reactive ketones (excluding diaryl/α,β-unsaturated/α-hetero) is 1. The van der Waals surface area contributed by atoms with Crippen LogP contribution in [0.3, 0.4) is 0 Å². The first-order valence-corrected chi connectivity index (χ1v) is 8.08. The van der Waals surface area contributed by atoms with E-state index in [2.05, 4.69) is 0 Å². The van der Waals surface area contributed by atoms with E-state index >= 15 is 0 Å². The standard InChI is InChI=1S/C18H22O2/c19-18(11-15-9-12-4-5-13(15)8-12)14-2-1-3-17(10-14)20-16-6-7-16/h1-3,10,12-13,15-16H,4-9,11H2. The Balaban J connectivity index is 1.42. The Kier molecular flexibility index (Phi) is 3.05. The number of carbonyl (C=O) groups excluding carboxylic acids is 1. The second-order valence-electron chi connectivity index (χ2n) is 6.91. The Hall–Kier alpha value is -1.31. The van der Waals surface area contributed by atoms with Gasteiger partial charge in [0, 0.05) is 12.0 Å². The van der Waals surface area contributed by atoms with Crippen LogP contribution in [0.15, 0.2) is 24.3 Å². The third-order valence-corrected chi connectivity index (χ3v) is 5.32. The van der Waals surface area contributed by atoms with E-state index in [0.717, 1.165) is 42.4 Å². The summed E-state index contributed by atoms with van der Waals surface area (Å²) in [5, 5.41) is 0. The third kappa shape index (κ3) is 2.48. The summed E-state index contributed by atoms with van der Waals surface area (Å²) in [6.07, 6.45) is 8.87. The van der Waals surface area contributed by atoms with Crippen LogP contribution in [0.1, 0.15) is 55.3 Å². The first-order valence-electron chi connectivity index (χ1n) is 8.08. The fraction of sp³-hybridized carbons (Fsp3) is 0.611. The van der Waals surface area contributed by atoms with Crippen molar-refractivity contribution in [2.24, 2.45) is 17.8 Å². The average Bonchev–Trinajstić information content (AvgIpc) is 3.02. The summed E-state index contributed by atoms with van der Waals surface area (Å²) in [6.45, 7) is 0. The van der Waals surface area contributed by atoms with Gasteiger partial charge in [-0.15, -0.1) is 0 Å². The number of carbonyl (C=O) groups is 1. The van der Waals surface area contributed by atoms with Gasteiger partial charge in [0.25, 0.3) is 0 Å². The van der Waals surface area contributed by atoms with Gasteiger partial charge in [0.05, 0.1) is 6.10 Å². The molecule has 0 aromatic heterocycles. The molecule has 1 aromatic rings. The minimum absolute atomic E-state index is 0.309. The second-order valence-corrected chi connectivity index (χ2v) is 6.91. The highest BCUT2D eigenvalue weighted by atomic mass is 16.5. The third-order valence-electron chi connectivity index (χ3n) is 5.32. The van der Waals surface area contributed by atoms with E-state index in [0.29, 0.717) is 17.8 Å². The molecule has 2 heteroatoms. The van der Waals surface area contributed by atoms with Crippen LogP contribution in [-0.4, -0.2) is 11.9 Å². The van der Waals surface area contributed by atoms with Gasteiger partial charge in [0.15, 0.2) is 5.78 Å². The topological polar surface area (TPSA) is 26.3 Å². The van der Waals surface area contributed by atoms with Gasteiger partial charge in [0.2, 0.25) is 0 Å². The maximum atomic E-state index is 12.5. The van der Waals surface area contributed by atoms with Gasteiger partial charge in [-0.3, -0.25) is 4.79 Å². The van der Waals surface area contributed by atoms with Crippen LogP contribution in [0.5, 0.6) is 5.75 Å². The molecule has 0 aliphatic heterocycles. The van der Waals surface area contributed by atoms with E-state index in [4.69, 9.17) is 4.74 Å². The van der Waals surface area contributed by atoms with Crippen molar-refractivity contribution in [1.82, 2.24) is 0 Å². The van der Waals surface area contributed by atoms with Crippen LogP contribution in [0.4, 0.5) is 0 Å². The monoisotopic (exact) mass is 270 g/mol. The lowest BCUT2D eigenvalue weighted by atomic mass is 9.84. The zero-order chi connectivity index (χ0) is 13.5. The van der Waals surface area contributed by atoms with Crippen LogP contribution < -0.4 is 4.74 Å². The van der Waals surface area contributed by atoms with Gasteiger partial charge in [-0.25, -0.2) is 0 Å². The Morgan fingerprint density at radius 1 is 1.15 bits per heavy atom. The van der Waals surface area contributed by atoms with Crippen LogP contribution in [0.2, 0.25) is 0 Å². The SMILES string of the molecule is O=C(CC1CC2CCC1C2)c1cccc(OC2CC2)c1. The summed E-state index contributed by atoms with van der Waals surface area (Å²) in [7, 11) is 0. The summed E-state index contributed by atoms with van der Waals surface area (Å²) in [6, 6.07) is 7.79. The molecule has 3 fully saturated rings. The van der Waals surface area contributed by atoms with E-state index in [9.17, 15) is 4.79 Å². The zero-order valence-electron chi connectivity index (χ0n) is 11.9. The molecule has 2 bridgehead atoms. The molecule has 2 nitrogen and oxygen atoms in total. The van der Waals surface area contributed by atoms with Crippen molar-refractivity contribution >= 4 is 5.78 Å². The Morgan fingerprint density at radius 3 is 2.75 bits per heavy atom. The van der Waals surface area contributed by atoms with E-state index < -0.39 is 0 Å². The summed E-state index contributed by atoms with van der Waals surface area (Å²) < 4.78 is 5.78. The maximum Gasteiger partial charge on any atom is 0.163 e. The molecular weight excluding hydrogens is 248 g/mol. The van der Waals surface area contributed by atoms with Gasteiger partial charge in [-0.05, 0) is 62.0 Å². The first-order chi connectivity index (χ1) is 9.78. The summed E-state index contributed by atoms with van der Waals surface area (Å²) in [4.78, 5) is 12.5. The van der Waals surface area contributed by atoms with Crippen LogP contribution in [0, 0.1) is 17.8 Å². The average molecular weight is 270 g/mol. The Morgan fingerprint density at radius 2 is 2.05 bits per heavy atom. The Labute approximate surface area is 120 Å². The van der Waals surface area contributed by atoms with Crippen LogP contribution in [-0.2, 0) is 0 Å². The molecule has 1 aromatic carbocycles. The molecule has 4 rings (SSSR count). The molecule has 3 aliphatic carbocycles. The predicted molar refractivity (Wildman–Crippen MR) is 78.0 cm³/mol. The number of ether oxygens (including phenoxy) is 1. The molecule has 106 valence electrons. The first kappa shape index (κ1) is 12.4. The number of hydrogen-bond donors (Lipinski definition) is 0. The van der Waals surface area contributed by atoms with Crippen molar-refractivity contribution in [2.45, 2.75) is 51.0 Å². The fourth-order valence-electron chi connectivity index (χ4n) is 4.10. The van der Waals surface area contributed by atoms with Gasteiger partial charge in [-0.2, -0.15) is 0 Å². The lowest BCUT2D eigenvalue weighted by Gasteiger charge is -2.20. The molecule has 20 heavy (non-hydrogen) atoms. The summed E-state index contributed by atoms with van der Waals surface area (Å²) in [5.41, 5.74) is 0.839. The normalized spacial score (nSPS) is 31.5. The van der Waals surface area contributed by atoms with Crippen molar-refractivity contribution in [3.8, 4) is 5.75 Å². The molecule has 3 atom stereocenters. The molecular formula is C18H22O2. The van der Waals surface area contributed by atoms with Crippen molar-refractivity contribution < 1.29 is 9.53 Å². The van der Waals surface area contributed by atoms with E-state index in [1.165, 1.54) is 25.7 Å². The van der Waals surface area contributed by atoms with Crippen molar-refractivity contribution in [3.05, 3.63) is 29.8 Å². The minimum atomic E-state index is 0.309. The molecule has 0 N–H and O–H groups in total. The molecule has 3 aliphatic rings. The number of hydrogen-bond acceptors (Lipinski definition) is 2. The summed E-state index contributed by atoms with van der Waals surface area (Å²) >= 11 is 0. The molecule has 3 unspecified atom stereocenters. The van der Waals surface area contributed by atoms with Gasteiger partial charge >= 0.3 is 0 Å². The largest absolute Gasteiger partial charge is 0.490 e. The highest BCUT2D eigenvalue weighted by Gasteiger charge is 2.40. The van der Waals surface area contributed by atoms with Gasteiger partial charge < -0.3 is 4.74 Å². The van der Waals surface area contributed by atoms with E-state index in [1.54, 1.807) is 0 Å². The van der Waals surface area contributed by atoms with Gasteiger partial charge in [-0.1, -0.05) is 18.6 Å². The molecule has 0 heterocycles. The lowest BCUT2D eigenvalue weighted by molar-refractivity contribution is 0.0943. The predicted octanol–water partition coefficient (Wildman–Crippen LogP) is 4.24. The molecule has 0 amide bonds. The highest BCUT2D eigenvalue weighted by Crippen LogP contribution is 2.49. The number of ketones is 1. The highest BCUT2D eigenvalue weighted by molar-refractivity contribution is 5.96.